The third-order valence-corrected chi connectivity index (χ3v) is 6.12. The Hall–Kier alpha value is -4.16. The Morgan fingerprint density at radius 1 is 0.892 bits per heavy atom. The number of methoxy groups -OCH3 is 1. The van der Waals surface area contributed by atoms with Crippen LogP contribution in [0.3, 0.4) is 0 Å². The minimum atomic E-state index is -1.09. The topological polar surface area (TPSA) is 58.6 Å². The first kappa shape index (κ1) is 25.9. The molecular weight excluding hydrogens is 491 g/mol. The molecule has 0 aromatic heterocycles. The molecule has 0 fully saturated rings. The van der Waals surface area contributed by atoms with E-state index in [0.717, 1.165) is 11.1 Å². The van der Waals surface area contributed by atoms with Crippen LogP contribution in [-0.4, -0.2) is 23.8 Å². The molecule has 1 atom stereocenters. The molecule has 4 aromatic carbocycles. The van der Waals surface area contributed by atoms with Gasteiger partial charge < -0.3 is 15.0 Å². The number of amides is 2. The fourth-order valence-corrected chi connectivity index (χ4v) is 4.14. The lowest BCUT2D eigenvalue weighted by Crippen LogP contribution is -2.41. The zero-order chi connectivity index (χ0) is 26.2. The van der Waals surface area contributed by atoms with Gasteiger partial charge in [0, 0.05) is 17.3 Å². The molecule has 0 heterocycles. The van der Waals surface area contributed by atoms with Gasteiger partial charge in [-0.05, 0) is 65.2 Å². The van der Waals surface area contributed by atoms with Crippen LogP contribution in [0.25, 0.3) is 0 Å². The molecule has 0 aliphatic heterocycles. The fraction of sp³-hybridized carbons (Fsp3) is 0.133. The summed E-state index contributed by atoms with van der Waals surface area (Å²) in [6, 6.07) is 27.9. The fourth-order valence-electron chi connectivity index (χ4n) is 4.02. The molecule has 1 unspecified atom stereocenters. The summed E-state index contributed by atoms with van der Waals surface area (Å²) in [6.45, 7) is 0.125. The molecule has 188 valence electrons. The molecule has 0 aliphatic carbocycles. The van der Waals surface area contributed by atoms with Crippen LogP contribution in [0.1, 0.15) is 22.7 Å². The van der Waals surface area contributed by atoms with Crippen LogP contribution >= 0.6 is 11.6 Å². The average Bonchev–Trinajstić information content (AvgIpc) is 2.90. The summed E-state index contributed by atoms with van der Waals surface area (Å²) in [7, 11) is 1.56. The Kier molecular flexibility index (Phi) is 8.54. The molecule has 4 aromatic rings. The Morgan fingerprint density at radius 2 is 1.59 bits per heavy atom. The van der Waals surface area contributed by atoms with Crippen molar-refractivity contribution in [3.05, 3.63) is 131 Å². The van der Waals surface area contributed by atoms with Crippen molar-refractivity contribution in [2.24, 2.45) is 0 Å². The number of hydrogen-bond acceptors (Lipinski definition) is 3. The molecule has 37 heavy (non-hydrogen) atoms. The lowest BCUT2D eigenvalue weighted by atomic mass is 10.0. The van der Waals surface area contributed by atoms with E-state index in [4.69, 9.17) is 16.3 Å². The highest BCUT2D eigenvalue weighted by Crippen LogP contribution is 2.28. The second-order valence-electron chi connectivity index (χ2n) is 8.49. The first-order chi connectivity index (χ1) is 17.9. The Morgan fingerprint density at radius 3 is 2.24 bits per heavy atom. The number of benzene rings is 4. The highest BCUT2D eigenvalue weighted by Gasteiger charge is 2.32. The van der Waals surface area contributed by atoms with E-state index >= 15 is 0 Å². The van der Waals surface area contributed by atoms with Crippen LogP contribution in [0.15, 0.2) is 103 Å². The predicted octanol–water partition coefficient (Wildman–Crippen LogP) is 6.44. The molecule has 0 saturated heterocycles. The number of ether oxygens (including phenoxy) is 1. The van der Waals surface area contributed by atoms with Gasteiger partial charge in [0.1, 0.15) is 17.6 Å². The van der Waals surface area contributed by atoms with Gasteiger partial charge in [-0.1, -0.05) is 66.2 Å². The predicted molar refractivity (Wildman–Crippen MR) is 143 cm³/mol. The molecule has 1 N–H and O–H groups in total. The summed E-state index contributed by atoms with van der Waals surface area (Å²) in [5.41, 5.74) is 2.47. The number of rotatable bonds is 9. The second kappa shape index (κ2) is 12.2. The van der Waals surface area contributed by atoms with Crippen LogP contribution in [0, 0.1) is 5.82 Å². The number of nitrogens with one attached hydrogen (secondary N) is 1. The Labute approximate surface area is 220 Å². The van der Waals surface area contributed by atoms with Gasteiger partial charge in [0.15, 0.2) is 0 Å². The van der Waals surface area contributed by atoms with Crippen molar-refractivity contribution in [1.29, 1.82) is 0 Å². The quantitative estimate of drug-likeness (QED) is 0.278. The maximum absolute atomic E-state index is 14.3. The van der Waals surface area contributed by atoms with Gasteiger partial charge in [0.2, 0.25) is 5.91 Å². The normalized spacial score (nSPS) is 11.4. The third-order valence-electron chi connectivity index (χ3n) is 5.87. The van der Waals surface area contributed by atoms with Crippen LogP contribution in [-0.2, 0) is 22.6 Å². The zero-order valence-electron chi connectivity index (χ0n) is 20.2. The Bertz CT molecular complexity index is 1350. The number of anilines is 1. The van der Waals surface area contributed by atoms with Crippen molar-refractivity contribution in [3.63, 3.8) is 0 Å². The summed E-state index contributed by atoms with van der Waals surface area (Å²) >= 11 is 6.06. The van der Waals surface area contributed by atoms with Gasteiger partial charge in [-0.15, -0.1) is 0 Å². The second-order valence-corrected chi connectivity index (χ2v) is 8.92. The maximum atomic E-state index is 14.3. The van der Waals surface area contributed by atoms with Crippen molar-refractivity contribution >= 4 is 29.1 Å². The molecule has 4 rings (SSSR count). The molecule has 0 spiro atoms. The van der Waals surface area contributed by atoms with Crippen molar-refractivity contribution in [1.82, 2.24) is 4.90 Å². The Balaban J connectivity index is 1.73. The first-order valence-electron chi connectivity index (χ1n) is 11.7. The molecular formula is C30H26ClFN2O3. The number of nitrogens with zero attached hydrogens (tertiary/aromatic N) is 1. The highest BCUT2D eigenvalue weighted by molar-refractivity contribution is 6.30. The standard InChI is InChI=1S/C30H26ClFN2O3/c1-37-27-16-14-26(15-17-27)33-30(36)29(23-8-5-9-25(32)19-23)34(20-22-10-12-24(31)13-11-22)28(35)18-21-6-3-2-4-7-21/h2-17,19,29H,18,20H2,1H3,(H,33,36). The van der Waals surface area contributed by atoms with Crippen LogP contribution < -0.4 is 10.1 Å². The van der Waals surface area contributed by atoms with Crippen LogP contribution in [0.4, 0.5) is 10.1 Å². The van der Waals surface area contributed by atoms with Gasteiger partial charge in [-0.3, -0.25) is 9.59 Å². The van der Waals surface area contributed by atoms with E-state index < -0.39 is 17.8 Å². The van der Waals surface area contributed by atoms with Gasteiger partial charge in [-0.25, -0.2) is 4.39 Å². The monoisotopic (exact) mass is 516 g/mol. The molecule has 0 radical (unpaired) electrons. The van der Waals surface area contributed by atoms with Crippen molar-refractivity contribution in [2.45, 2.75) is 19.0 Å². The van der Waals surface area contributed by atoms with Gasteiger partial charge in [0.25, 0.3) is 5.91 Å². The summed E-state index contributed by atoms with van der Waals surface area (Å²) in [4.78, 5) is 29.0. The van der Waals surface area contributed by atoms with Crippen molar-refractivity contribution < 1.29 is 18.7 Å². The molecule has 5 nitrogen and oxygen atoms in total. The lowest BCUT2D eigenvalue weighted by molar-refractivity contribution is -0.139. The molecule has 7 heteroatoms. The van der Waals surface area contributed by atoms with E-state index in [9.17, 15) is 14.0 Å². The van der Waals surface area contributed by atoms with E-state index in [1.54, 1.807) is 61.7 Å². The van der Waals surface area contributed by atoms with E-state index in [0.29, 0.717) is 22.0 Å². The number of hydrogen-bond donors (Lipinski definition) is 1. The van der Waals surface area contributed by atoms with E-state index in [1.165, 1.54) is 23.1 Å². The van der Waals surface area contributed by atoms with Crippen molar-refractivity contribution in [2.75, 3.05) is 12.4 Å². The van der Waals surface area contributed by atoms with Gasteiger partial charge >= 0.3 is 0 Å². The number of carbonyl (C=O) groups is 2. The maximum Gasteiger partial charge on any atom is 0.251 e. The highest BCUT2D eigenvalue weighted by atomic mass is 35.5. The van der Waals surface area contributed by atoms with Crippen molar-refractivity contribution in [3.8, 4) is 5.75 Å². The van der Waals surface area contributed by atoms with Crippen LogP contribution in [0.2, 0.25) is 5.02 Å². The summed E-state index contributed by atoms with van der Waals surface area (Å²) in [5.74, 6) is -0.602. The van der Waals surface area contributed by atoms with E-state index in [2.05, 4.69) is 5.32 Å². The SMILES string of the molecule is COc1ccc(NC(=O)C(c2cccc(F)c2)N(Cc2ccc(Cl)cc2)C(=O)Cc2ccccc2)cc1. The molecule has 0 saturated carbocycles. The lowest BCUT2D eigenvalue weighted by Gasteiger charge is -2.32. The first-order valence-corrected chi connectivity index (χ1v) is 12.1. The number of carbonyl (C=O) groups excluding carboxylic acids is 2. The van der Waals surface area contributed by atoms with Crippen LogP contribution in [0.5, 0.6) is 5.75 Å². The largest absolute Gasteiger partial charge is 0.497 e. The zero-order valence-corrected chi connectivity index (χ0v) is 21.0. The van der Waals surface area contributed by atoms with E-state index in [1.807, 2.05) is 30.3 Å². The number of halogens is 2. The van der Waals surface area contributed by atoms with Gasteiger partial charge in [-0.2, -0.15) is 0 Å². The smallest absolute Gasteiger partial charge is 0.251 e. The summed E-state index contributed by atoms with van der Waals surface area (Å²) in [6.07, 6.45) is 0.0794. The van der Waals surface area contributed by atoms with E-state index in [-0.39, 0.29) is 18.9 Å². The summed E-state index contributed by atoms with van der Waals surface area (Å²) in [5, 5.41) is 3.43. The molecule has 0 aliphatic rings. The minimum absolute atomic E-state index is 0.0794. The average molecular weight is 517 g/mol. The van der Waals surface area contributed by atoms with Gasteiger partial charge in [0.05, 0.1) is 13.5 Å². The minimum Gasteiger partial charge on any atom is -0.497 e. The third kappa shape index (κ3) is 6.96. The molecule has 0 bridgehead atoms. The summed E-state index contributed by atoms with van der Waals surface area (Å²) < 4.78 is 19.5. The molecule has 2 amide bonds.